The average Bonchev–Trinajstić information content (AvgIpc) is 2.82. The minimum Gasteiger partial charge on any atom is -0.345 e. The topological polar surface area (TPSA) is 62.5 Å². The van der Waals surface area contributed by atoms with E-state index in [1.54, 1.807) is 12.1 Å². The van der Waals surface area contributed by atoms with Gasteiger partial charge in [0.25, 0.3) is 5.69 Å². The zero-order chi connectivity index (χ0) is 13.4. The van der Waals surface area contributed by atoms with Crippen LogP contribution in [0.25, 0.3) is 10.2 Å². The van der Waals surface area contributed by atoms with Crippen molar-refractivity contribution in [2.45, 2.75) is 0 Å². The molecule has 0 N–H and O–H groups in total. The molecule has 0 amide bonds. The van der Waals surface area contributed by atoms with Gasteiger partial charge in [0.15, 0.2) is 5.13 Å². The van der Waals surface area contributed by atoms with Gasteiger partial charge in [-0.3, -0.25) is 10.1 Å². The summed E-state index contributed by atoms with van der Waals surface area (Å²) < 4.78 is 0.878. The summed E-state index contributed by atoms with van der Waals surface area (Å²) in [5.41, 5.74) is 0.964. The highest BCUT2D eigenvalue weighted by atomic mass is 32.1. The van der Waals surface area contributed by atoms with Crippen molar-refractivity contribution < 1.29 is 4.92 Å². The van der Waals surface area contributed by atoms with Crippen LogP contribution in [0.5, 0.6) is 0 Å². The second kappa shape index (κ2) is 4.75. The highest BCUT2D eigenvalue weighted by Gasteiger charge is 2.18. The third-order valence-electron chi connectivity index (χ3n) is 3.35. The van der Waals surface area contributed by atoms with E-state index in [0.717, 1.165) is 41.5 Å². The zero-order valence-corrected chi connectivity index (χ0v) is 11.4. The van der Waals surface area contributed by atoms with Crippen molar-refractivity contribution in [2.24, 2.45) is 0 Å². The van der Waals surface area contributed by atoms with Crippen molar-refractivity contribution in [3.05, 3.63) is 28.3 Å². The van der Waals surface area contributed by atoms with Crippen LogP contribution in [0.2, 0.25) is 0 Å². The number of nitrogens with zero attached hydrogens (tertiary/aromatic N) is 4. The molecule has 2 heterocycles. The third-order valence-corrected chi connectivity index (χ3v) is 4.42. The number of rotatable bonds is 2. The van der Waals surface area contributed by atoms with Gasteiger partial charge in [0.05, 0.1) is 15.1 Å². The van der Waals surface area contributed by atoms with Crippen LogP contribution in [0.15, 0.2) is 18.2 Å². The molecule has 1 aromatic heterocycles. The molecule has 100 valence electrons. The number of benzene rings is 1. The van der Waals surface area contributed by atoms with E-state index in [1.807, 2.05) is 0 Å². The molecule has 1 saturated heterocycles. The van der Waals surface area contributed by atoms with Crippen molar-refractivity contribution in [1.82, 2.24) is 9.88 Å². The first-order chi connectivity index (χ1) is 9.13. The fourth-order valence-corrected chi connectivity index (χ4v) is 3.20. The predicted octanol–water partition coefficient (Wildman–Crippen LogP) is 1.96. The van der Waals surface area contributed by atoms with Crippen LogP contribution >= 0.6 is 11.3 Å². The third kappa shape index (κ3) is 2.39. The minimum atomic E-state index is -0.366. The maximum Gasteiger partial charge on any atom is 0.270 e. The Morgan fingerprint density at radius 3 is 2.74 bits per heavy atom. The molecule has 0 aliphatic carbocycles. The van der Waals surface area contributed by atoms with Gasteiger partial charge >= 0.3 is 0 Å². The number of nitro benzene ring substituents is 1. The van der Waals surface area contributed by atoms with Crippen molar-refractivity contribution >= 4 is 32.4 Å². The Kier molecular flexibility index (Phi) is 3.08. The number of fused-ring (bicyclic) bond motifs is 1. The lowest BCUT2D eigenvalue weighted by Crippen LogP contribution is -2.44. The van der Waals surface area contributed by atoms with Gasteiger partial charge in [0.2, 0.25) is 0 Å². The van der Waals surface area contributed by atoms with Gasteiger partial charge in [0.1, 0.15) is 0 Å². The Hall–Kier alpha value is -1.73. The first kappa shape index (κ1) is 12.3. The molecule has 1 fully saturated rings. The molecule has 2 aromatic rings. The first-order valence-electron chi connectivity index (χ1n) is 6.12. The number of non-ortho nitro benzene ring substituents is 1. The molecule has 1 aliphatic heterocycles. The molecule has 0 atom stereocenters. The first-order valence-corrected chi connectivity index (χ1v) is 6.93. The van der Waals surface area contributed by atoms with Gasteiger partial charge < -0.3 is 9.80 Å². The van der Waals surface area contributed by atoms with Gasteiger partial charge in [-0.25, -0.2) is 4.98 Å². The molecule has 0 unspecified atom stereocenters. The van der Waals surface area contributed by atoms with E-state index < -0.39 is 0 Å². The quantitative estimate of drug-likeness (QED) is 0.620. The summed E-state index contributed by atoms with van der Waals surface area (Å²) >= 11 is 1.53. The number of piperazine rings is 1. The lowest BCUT2D eigenvalue weighted by molar-refractivity contribution is -0.384. The zero-order valence-electron chi connectivity index (χ0n) is 10.6. The molecule has 7 heteroatoms. The van der Waals surface area contributed by atoms with E-state index in [4.69, 9.17) is 0 Å². The van der Waals surface area contributed by atoms with Crippen molar-refractivity contribution in [3.63, 3.8) is 0 Å². The summed E-state index contributed by atoms with van der Waals surface area (Å²) in [5, 5.41) is 11.7. The maximum atomic E-state index is 10.8. The van der Waals surface area contributed by atoms with Crippen LogP contribution in [0.1, 0.15) is 0 Å². The molecule has 3 rings (SSSR count). The van der Waals surface area contributed by atoms with Gasteiger partial charge in [-0.2, -0.15) is 0 Å². The number of hydrogen-bond donors (Lipinski definition) is 0. The Labute approximate surface area is 114 Å². The number of nitro groups is 1. The van der Waals surface area contributed by atoms with Crippen LogP contribution < -0.4 is 4.90 Å². The molecule has 0 bridgehead atoms. The maximum absolute atomic E-state index is 10.8. The van der Waals surface area contributed by atoms with E-state index >= 15 is 0 Å². The van der Waals surface area contributed by atoms with E-state index in [1.165, 1.54) is 17.4 Å². The Bertz CT molecular complexity index is 619. The Morgan fingerprint density at radius 1 is 1.32 bits per heavy atom. The van der Waals surface area contributed by atoms with Crippen molar-refractivity contribution in [1.29, 1.82) is 0 Å². The Balaban J connectivity index is 1.91. The summed E-state index contributed by atoms with van der Waals surface area (Å²) in [6.45, 7) is 3.96. The fourth-order valence-electron chi connectivity index (χ4n) is 2.15. The molecular weight excluding hydrogens is 264 g/mol. The van der Waals surface area contributed by atoms with Gasteiger partial charge in [-0.1, -0.05) is 11.3 Å². The standard InChI is InChI=1S/C12H14N4O2S/c1-14-4-6-15(7-5-14)12-13-10-3-2-9(16(17)18)8-11(10)19-12/h2-3,8H,4-7H2,1H3. The second-order valence-corrected chi connectivity index (χ2v) is 5.71. The molecule has 19 heavy (non-hydrogen) atoms. The number of thiazole rings is 1. The minimum absolute atomic E-state index is 0.126. The number of hydrogen-bond acceptors (Lipinski definition) is 6. The van der Waals surface area contributed by atoms with Gasteiger partial charge in [0, 0.05) is 38.3 Å². The van der Waals surface area contributed by atoms with Gasteiger partial charge in [-0.15, -0.1) is 0 Å². The van der Waals surface area contributed by atoms with Crippen molar-refractivity contribution in [3.8, 4) is 0 Å². The average molecular weight is 278 g/mol. The summed E-state index contributed by atoms with van der Waals surface area (Å²) in [5.74, 6) is 0. The summed E-state index contributed by atoms with van der Waals surface area (Å²) in [4.78, 5) is 19.5. The van der Waals surface area contributed by atoms with E-state index in [2.05, 4.69) is 21.8 Å². The predicted molar refractivity (Wildman–Crippen MR) is 76.0 cm³/mol. The number of aromatic nitrogens is 1. The molecule has 0 spiro atoms. The number of likely N-dealkylation sites (N-methyl/N-ethyl adjacent to an activating group) is 1. The van der Waals surface area contributed by atoms with Crippen LogP contribution in [0.4, 0.5) is 10.8 Å². The molecule has 1 aliphatic rings. The lowest BCUT2D eigenvalue weighted by atomic mass is 10.3. The summed E-state index contributed by atoms with van der Waals surface area (Å²) in [7, 11) is 2.11. The lowest BCUT2D eigenvalue weighted by Gasteiger charge is -2.31. The SMILES string of the molecule is CN1CCN(c2nc3ccc([N+](=O)[O-])cc3s2)CC1. The number of anilines is 1. The highest BCUT2D eigenvalue weighted by Crippen LogP contribution is 2.31. The second-order valence-electron chi connectivity index (χ2n) is 4.70. The molecule has 0 radical (unpaired) electrons. The molecule has 0 saturated carbocycles. The largest absolute Gasteiger partial charge is 0.345 e. The van der Waals surface area contributed by atoms with Gasteiger partial charge in [-0.05, 0) is 13.1 Å². The van der Waals surface area contributed by atoms with Crippen molar-refractivity contribution in [2.75, 3.05) is 38.1 Å². The van der Waals surface area contributed by atoms with Crippen LogP contribution in [-0.2, 0) is 0 Å². The van der Waals surface area contributed by atoms with Crippen LogP contribution in [0.3, 0.4) is 0 Å². The normalized spacial score (nSPS) is 17.0. The van der Waals surface area contributed by atoms with Crippen LogP contribution in [-0.4, -0.2) is 48.0 Å². The summed E-state index contributed by atoms with van der Waals surface area (Å²) in [6, 6.07) is 4.84. The molecular formula is C12H14N4O2S. The summed E-state index contributed by atoms with van der Waals surface area (Å²) in [6.07, 6.45) is 0. The fraction of sp³-hybridized carbons (Fsp3) is 0.417. The smallest absolute Gasteiger partial charge is 0.270 e. The van der Waals surface area contributed by atoms with E-state index in [9.17, 15) is 10.1 Å². The Morgan fingerprint density at radius 2 is 2.05 bits per heavy atom. The van der Waals surface area contributed by atoms with E-state index in [-0.39, 0.29) is 10.6 Å². The highest BCUT2D eigenvalue weighted by molar-refractivity contribution is 7.22. The van der Waals surface area contributed by atoms with E-state index in [0.29, 0.717) is 0 Å². The molecule has 1 aromatic carbocycles. The van der Waals surface area contributed by atoms with Crippen LogP contribution in [0, 0.1) is 10.1 Å². The monoisotopic (exact) mass is 278 g/mol. The molecule has 6 nitrogen and oxygen atoms in total.